The number of ether oxygens (including phenoxy) is 2. The molecule has 1 N–H and O–H groups in total. The molecule has 38 heavy (non-hydrogen) atoms. The highest BCUT2D eigenvalue weighted by Crippen LogP contribution is 2.49. The Labute approximate surface area is 224 Å². The van der Waals surface area contributed by atoms with Gasteiger partial charge >= 0.3 is 5.97 Å². The summed E-state index contributed by atoms with van der Waals surface area (Å²) < 4.78 is 11.3. The zero-order valence-corrected chi connectivity index (χ0v) is 23.0. The van der Waals surface area contributed by atoms with Crippen LogP contribution in [-0.2, 0) is 14.3 Å². The topological polar surface area (TPSA) is 88.2 Å². The second-order valence-electron chi connectivity index (χ2n) is 9.50. The van der Waals surface area contributed by atoms with E-state index in [-0.39, 0.29) is 30.1 Å². The van der Waals surface area contributed by atoms with Gasteiger partial charge in [0.2, 0.25) is 5.91 Å². The Morgan fingerprint density at radius 1 is 0.842 bits per heavy atom. The SMILES string of the molecule is CC(=O)CNC(C)=O.COC(=O)c1cccc(C2c3ccc(N(C)C)cc3Oc3cc(N(C)C)ccc32)c1. The minimum Gasteiger partial charge on any atom is -0.465 e. The van der Waals surface area contributed by atoms with E-state index in [2.05, 4.69) is 57.6 Å². The van der Waals surface area contributed by atoms with Crippen LogP contribution in [0.25, 0.3) is 0 Å². The quantitative estimate of drug-likeness (QED) is 0.374. The van der Waals surface area contributed by atoms with Gasteiger partial charge in [0, 0.05) is 75.7 Å². The molecule has 0 saturated heterocycles. The fourth-order valence-electron chi connectivity index (χ4n) is 4.11. The minimum atomic E-state index is -0.338. The summed E-state index contributed by atoms with van der Waals surface area (Å²) in [4.78, 5) is 36.5. The van der Waals surface area contributed by atoms with Crippen LogP contribution in [-0.4, -0.2) is 59.5 Å². The van der Waals surface area contributed by atoms with Crippen molar-refractivity contribution in [2.45, 2.75) is 19.8 Å². The van der Waals surface area contributed by atoms with E-state index in [1.807, 2.05) is 40.3 Å². The fraction of sp³-hybridized carbons (Fsp3) is 0.300. The molecule has 1 heterocycles. The molecule has 0 unspecified atom stereocenters. The number of fused-ring (bicyclic) bond motifs is 2. The molecule has 4 rings (SSSR count). The van der Waals surface area contributed by atoms with E-state index in [9.17, 15) is 14.4 Å². The lowest BCUT2D eigenvalue weighted by Crippen LogP contribution is -2.25. The van der Waals surface area contributed by atoms with Crippen molar-refractivity contribution in [1.29, 1.82) is 0 Å². The maximum absolute atomic E-state index is 12.1. The van der Waals surface area contributed by atoms with Gasteiger partial charge in [0.15, 0.2) is 0 Å². The van der Waals surface area contributed by atoms with Gasteiger partial charge in [-0.05, 0) is 36.8 Å². The summed E-state index contributed by atoms with van der Waals surface area (Å²) >= 11 is 0. The zero-order chi connectivity index (χ0) is 28.0. The van der Waals surface area contributed by atoms with E-state index in [1.165, 1.54) is 21.0 Å². The Morgan fingerprint density at radius 3 is 1.82 bits per heavy atom. The third-order valence-electron chi connectivity index (χ3n) is 6.10. The molecule has 1 amide bonds. The molecular weight excluding hydrogens is 482 g/mol. The molecule has 0 fully saturated rings. The molecule has 3 aromatic carbocycles. The Kier molecular flexibility index (Phi) is 9.12. The highest BCUT2D eigenvalue weighted by atomic mass is 16.5. The van der Waals surface area contributed by atoms with Gasteiger partial charge in [-0.15, -0.1) is 0 Å². The first-order chi connectivity index (χ1) is 18.0. The molecule has 0 bridgehead atoms. The number of nitrogens with zero attached hydrogens (tertiary/aromatic N) is 2. The molecule has 0 radical (unpaired) electrons. The zero-order valence-electron chi connectivity index (χ0n) is 23.0. The predicted molar refractivity (Wildman–Crippen MR) is 150 cm³/mol. The number of rotatable bonds is 6. The average molecular weight is 518 g/mol. The van der Waals surface area contributed by atoms with Crippen LogP contribution in [0.15, 0.2) is 60.7 Å². The standard InChI is InChI=1S/C25H26N2O3.C5H9NO2/c1-26(2)18-9-11-20-22(14-18)30-23-15-19(27(3)4)10-12-21(23)24(20)16-7-6-8-17(13-16)25(28)29-5;1-4(7)3-6-5(2)8/h6-15,24H,1-5H3;3H2,1-2H3,(H,6,8). The minimum absolute atomic E-state index is 0.0276. The number of anilines is 2. The molecule has 8 nitrogen and oxygen atoms in total. The third-order valence-corrected chi connectivity index (χ3v) is 6.10. The second-order valence-corrected chi connectivity index (χ2v) is 9.50. The van der Waals surface area contributed by atoms with E-state index < -0.39 is 0 Å². The van der Waals surface area contributed by atoms with Crippen molar-refractivity contribution in [3.63, 3.8) is 0 Å². The maximum Gasteiger partial charge on any atom is 0.337 e. The maximum atomic E-state index is 12.1. The van der Waals surface area contributed by atoms with Crippen LogP contribution in [0.4, 0.5) is 11.4 Å². The van der Waals surface area contributed by atoms with E-state index >= 15 is 0 Å². The summed E-state index contributed by atoms with van der Waals surface area (Å²) in [7, 11) is 9.46. The van der Waals surface area contributed by atoms with Gasteiger partial charge in [-0.1, -0.05) is 24.3 Å². The van der Waals surface area contributed by atoms with Crippen molar-refractivity contribution < 1.29 is 23.9 Å². The number of esters is 1. The molecular formula is C30H35N3O5. The van der Waals surface area contributed by atoms with Crippen LogP contribution in [0.5, 0.6) is 11.5 Å². The number of hydrogen-bond acceptors (Lipinski definition) is 7. The summed E-state index contributed by atoms with van der Waals surface area (Å²) in [6.45, 7) is 2.95. The lowest BCUT2D eigenvalue weighted by molar-refractivity contribution is -0.123. The fourth-order valence-corrected chi connectivity index (χ4v) is 4.11. The number of benzene rings is 3. The molecule has 0 aromatic heterocycles. The van der Waals surface area contributed by atoms with E-state index in [0.29, 0.717) is 5.56 Å². The van der Waals surface area contributed by atoms with Gasteiger partial charge < -0.3 is 24.6 Å². The Morgan fingerprint density at radius 2 is 1.39 bits per heavy atom. The summed E-state index contributed by atoms with van der Waals surface area (Å²) in [6, 6.07) is 20.2. The lowest BCUT2D eigenvalue weighted by atomic mass is 9.82. The third kappa shape index (κ3) is 6.70. The first-order valence-corrected chi connectivity index (χ1v) is 12.2. The summed E-state index contributed by atoms with van der Waals surface area (Å²) in [5, 5.41) is 2.36. The molecule has 1 aliphatic rings. The van der Waals surface area contributed by atoms with Crippen LogP contribution in [0, 0.1) is 0 Å². The normalized spacial score (nSPS) is 11.6. The highest BCUT2D eigenvalue weighted by Gasteiger charge is 2.30. The number of carbonyl (C=O) groups excluding carboxylic acids is 3. The van der Waals surface area contributed by atoms with E-state index in [4.69, 9.17) is 9.47 Å². The van der Waals surface area contributed by atoms with Crippen LogP contribution in [0.2, 0.25) is 0 Å². The number of hydrogen-bond donors (Lipinski definition) is 1. The smallest absolute Gasteiger partial charge is 0.337 e. The number of methoxy groups -OCH3 is 1. The van der Waals surface area contributed by atoms with Gasteiger partial charge in [-0.25, -0.2) is 4.79 Å². The number of amides is 1. The number of Topliss-reactive ketones (excluding diaryl/α,β-unsaturated/α-hetero) is 1. The second kappa shape index (κ2) is 12.3. The van der Waals surface area contributed by atoms with Crippen LogP contribution >= 0.6 is 0 Å². The molecule has 1 aliphatic heterocycles. The van der Waals surface area contributed by atoms with E-state index in [1.54, 1.807) is 6.07 Å². The Balaban J connectivity index is 0.000000436. The molecule has 200 valence electrons. The van der Waals surface area contributed by atoms with Crippen LogP contribution in [0.1, 0.15) is 46.8 Å². The van der Waals surface area contributed by atoms with Crippen molar-refractivity contribution in [2.24, 2.45) is 0 Å². The number of ketones is 1. The van der Waals surface area contributed by atoms with Crippen molar-refractivity contribution in [3.8, 4) is 11.5 Å². The van der Waals surface area contributed by atoms with Gasteiger partial charge in [-0.2, -0.15) is 0 Å². The highest BCUT2D eigenvalue weighted by molar-refractivity contribution is 5.89. The summed E-state index contributed by atoms with van der Waals surface area (Å²) in [5.74, 6) is 1.09. The van der Waals surface area contributed by atoms with Crippen LogP contribution < -0.4 is 19.9 Å². The van der Waals surface area contributed by atoms with Gasteiger partial charge in [0.05, 0.1) is 19.2 Å². The summed E-state index contributed by atoms with van der Waals surface area (Å²) in [6.07, 6.45) is 0. The average Bonchev–Trinajstić information content (AvgIpc) is 2.89. The van der Waals surface area contributed by atoms with Crippen molar-refractivity contribution in [2.75, 3.05) is 51.6 Å². The van der Waals surface area contributed by atoms with E-state index in [0.717, 1.165) is 39.6 Å². The van der Waals surface area contributed by atoms with Crippen molar-refractivity contribution >= 4 is 29.0 Å². The Bertz CT molecular complexity index is 1260. The van der Waals surface area contributed by atoms with Crippen molar-refractivity contribution in [1.82, 2.24) is 5.32 Å². The van der Waals surface area contributed by atoms with Gasteiger partial charge in [-0.3, -0.25) is 9.59 Å². The Hall–Kier alpha value is -4.33. The van der Waals surface area contributed by atoms with Crippen LogP contribution in [0.3, 0.4) is 0 Å². The molecule has 0 saturated carbocycles. The molecule has 0 atom stereocenters. The number of nitrogens with one attached hydrogen (secondary N) is 1. The van der Waals surface area contributed by atoms with Gasteiger partial charge in [0.1, 0.15) is 17.3 Å². The predicted octanol–water partition coefficient (Wildman–Crippen LogP) is 4.60. The molecule has 0 spiro atoms. The monoisotopic (exact) mass is 517 g/mol. The number of carbonyl (C=O) groups is 3. The molecule has 8 heteroatoms. The van der Waals surface area contributed by atoms with Crippen molar-refractivity contribution in [3.05, 3.63) is 82.9 Å². The molecule has 3 aromatic rings. The first-order valence-electron chi connectivity index (χ1n) is 12.2. The molecule has 0 aliphatic carbocycles. The largest absolute Gasteiger partial charge is 0.465 e. The summed E-state index contributed by atoms with van der Waals surface area (Å²) in [5.41, 5.74) is 5.87. The first kappa shape index (κ1) is 28.2. The lowest BCUT2D eigenvalue weighted by Gasteiger charge is -2.30. The van der Waals surface area contributed by atoms with Gasteiger partial charge in [0.25, 0.3) is 0 Å².